The zero-order valence-corrected chi connectivity index (χ0v) is 13.9. The van der Waals surface area contributed by atoms with Crippen molar-refractivity contribution in [3.05, 3.63) is 0 Å². The Kier molecular flexibility index (Phi) is 5.20. The van der Waals surface area contributed by atoms with Crippen LogP contribution in [0.2, 0.25) is 0 Å². The molecule has 0 aromatic carbocycles. The molecule has 0 spiro atoms. The van der Waals surface area contributed by atoms with Crippen molar-refractivity contribution in [2.45, 2.75) is 49.8 Å². The van der Waals surface area contributed by atoms with E-state index in [1.54, 1.807) is 11.8 Å². The Bertz CT molecular complexity index is 537. The van der Waals surface area contributed by atoms with Gasteiger partial charge in [-0.15, -0.1) is 0 Å². The maximum absolute atomic E-state index is 12.0. The Morgan fingerprint density at radius 3 is 2.91 bits per heavy atom. The van der Waals surface area contributed by atoms with Crippen molar-refractivity contribution in [2.24, 2.45) is 4.99 Å². The van der Waals surface area contributed by atoms with Gasteiger partial charge >= 0.3 is 0 Å². The smallest absolute Gasteiger partial charge is 0.239 e. The highest BCUT2D eigenvalue weighted by atomic mass is 32.2. The van der Waals surface area contributed by atoms with Crippen LogP contribution in [0.5, 0.6) is 0 Å². The fourth-order valence-electron chi connectivity index (χ4n) is 3.16. The summed E-state index contributed by atoms with van der Waals surface area (Å²) in [5, 5.41) is 6.71. The minimum absolute atomic E-state index is 0.0897. The van der Waals surface area contributed by atoms with E-state index in [0.717, 1.165) is 12.8 Å². The Balaban J connectivity index is 1.41. The van der Waals surface area contributed by atoms with Crippen LogP contribution in [-0.2, 0) is 14.4 Å². The van der Waals surface area contributed by atoms with E-state index in [4.69, 9.17) is 0 Å². The number of fused-ring (bicyclic) bond motifs is 1. The van der Waals surface area contributed by atoms with Gasteiger partial charge in [0.25, 0.3) is 0 Å². The first-order valence-electron chi connectivity index (χ1n) is 8.20. The predicted molar refractivity (Wildman–Crippen MR) is 88.0 cm³/mol. The molecule has 2 aliphatic heterocycles. The van der Waals surface area contributed by atoms with E-state index >= 15 is 0 Å². The summed E-state index contributed by atoms with van der Waals surface area (Å²) >= 11 is 1.66. The lowest BCUT2D eigenvalue weighted by Gasteiger charge is -2.26. The van der Waals surface area contributed by atoms with Crippen molar-refractivity contribution >= 4 is 34.7 Å². The average Bonchev–Trinajstić information content (AvgIpc) is 2.94. The SMILES string of the molecule is O=C1CN(C(=O)CCC(=O)NC2=N[C@H]3CCCC[C@H]3S2)CCN1. The van der Waals surface area contributed by atoms with E-state index in [0.29, 0.717) is 29.5 Å². The van der Waals surface area contributed by atoms with Gasteiger partial charge in [0.2, 0.25) is 17.7 Å². The molecular formula is C15H22N4O3S. The molecule has 2 fully saturated rings. The molecule has 3 amide bonds. The molecule has 0 unspecified atom stereocenters. The molecule has 3 rings (SSSR count). The monoisotopic (exact) mass is 338 g/mol. The van der Waals surface area contributed by atoms with Gasteiger partial charge in [0, 0.05) is 31.2 Å². The molecule has 126 valence electrons. The summed E-state index contributed by atoms with van der Waals surface area (Å²) in [5.41, 5.74) is 0. The Morgan fingerprint density at radius 2 is 2.13 bits per heavy atom. The predicted octanol–water partition coefficient (Wildman–Crippen LogP) is 0.255. The molecular weight excluding hydrogens is 316 g/mol. The molecule has 0 radical (unpaired) electrons. The van der Waals surface area contributed by atoms with E-state index in [2.05, 4.69) is 15.6 Å². The number of amidine groups is 1. The van der Waals surface area contributed by atoms with Gasteiger partial charge in [0.05, 0.1) is 12.6 Å². The van der Waals surface area contributed by atoms with Gasteiger partial charge in [-0.05, 0) is 12.8 Å². The topological polar surface area (TPSA) is 90.9 Å². The number of carbonyl (C=O) groups is 3. The van der Waals surface area contributed by atoms with Crippen molar-refractivity contribution in [3.8, 4) is 0 Å². The minimum Gasteiger partial charge on any atom is -0.353 e. The van der Waals surface area contributed by atoms with Gasteiger partial charge < -0.3 is 15.5 Å². The van der Waals surface area contributed by atoms with E-state index < -0.39 is 0 Å². The number of hydrogen-bond acceptors (Lipinski definition) is 5. The van der Waals surface area contributed by atoms with Gasteiger partial charge in [-0.2, -0.15) is 0 Å². The van der Waals surface area contributed by atoms with Crippen LogP contribution >= 0.6 is 11.8 Å². The number of carbonyl (C=O) groups excluding carboxylic acids is 3. The second-order valence-electron chi connectivity index (χ2n) is 6.16. The fraction of sp³-hybridized carbons (Fsp3) is 0.733. The summed E-state index contributed by atoms with van der Waals surface area (Å²) in [6.45, 7) is 1.08. The fourth-order valence-corrected chi connectivity index (χ4v) is 4.45. The normalized spacial score (nSPS) is 27.0. The summed E-state index contributed by atoms with van der Waals surface area (Å²) in [7, 11) is 0. The number of nitrogens with one attached hydrogen (secondary N) is 2. The lowest BCUT2D eigenvalue weighted by atomic mass is 9.96. The Morgan fingerprint density at radius 1 is 1.30 bits per heavy atom. The third kappa shape index (κ3) is 4.25. The molecule has 2 heterocycles. The summed E-state index contributed by atoms with van der Waals surface area (Å²) < 4.78 is 0. The minimum atomic E-state index is -0.176. The first-order valence-corrected chi connectivity index (χ1v) is 9.08. The molecule has 8 heteroatoms. The van der Waals surface area contributed by atoms with Crippen LogP contribution in [0.3, 0.4) is 0 Å². The standard InChI is InChI=1S/C15H22N4O3S/c20-12(5-6-14(22)19-8-7-16-13(21)9-19)18-15-17-10-3-1-2-4-11(10)23-15/h10-11H,1-9H2,(H,16,21)(H,17,18,20)/t10-,11+/m0/s1. The second-order valence-corrected chi connectivity index (χ2v) is 7.38. The highest BCUT2D eigenvalue weighted by Crippen LogP contribution is 2.36. The van der Waals surface area contributed by atoms with Crippen molar-refractivity contribution in [2.75, 3.05) is 19.6 Å². The molecule has 1 saturated heterocycles. The lowest BCUT2D eigenvalue weighted by Crippen LogP contribution is -2.50. The van der Waals surface area contributed by atoms with Gasteiger partial charge in [0.15, 0.2) is 5.17 Å². The largest absolute Gasteiger partial charge is 0.353 e. The zero-order chi connectivity index (χ0) is 16.2. The highest BCUT2D eigenvalue weighted by Gasteiger charge is 2.32. The van der Waals surface area contributed by atoms with E-state index in [1.165, 1.54) is 17.7 Å². The molecule has 2 atom stereocenters. The number of amides is 3. The van der Waals surface area contributed by atoms with Crippen molar-refractivity contribution in [1.82, 2.24) is 15.5 Å². The van der Waals surface area contributed by atoms with Crippen LogP contribution in [-0.4, -0.2) is 58.7 Å². The van der Waals surface area contributed by atoms with E-state index in [1.807, 2.05) is 0 Å². The molecule has 0 aromatic heterocycles. The molecule has 0 bridgehead atoms. The van der Waals surface area contributed by atoms with Gasteiger partial charge in [-0.3, -0.25) is 19.4 Å². The molecule has 1 aliphatic carbocycles. The number of nitrogens with zero attached hydrogens (tertiary/aromatic N) is 2. The van der Waals surface area contributed by atoms with Crippen LogP contribution in [0.15, 0.2) is 4.99 Å². The molecule has 1 saturated carbocycles. The molecule has 2 N–H and O–H groups in total. The first-order chi connectivity index (χ1) is 11.1. The number of aliphatic imine (C=N–C) groups is 1. The van der Waals surface area contributed by atoms with Crippen LogP contribution in [0.4, 0.5) is 0 Å². The van der Waals surface area contributed by atoms with Crippen molar-refractivity contribution < 1.29 is 14.4 Å². The maximum Gasteiger partial charge on any atom is 0.239 e. The first kappa shape index (κ1) is 16.3. The van der Waals surface area contributed by atoms with Gasteiger partial charge in [0.1, 0.15) is 0 Å². The van der Waals surface area contributed by atoms with Crippen molar-refractivity contribution in [3.63, 3.8) is 0 Å². The lowest BCUT2D eigenvalue weighted by molar-refractivity contribution is -0.139. The zero-order valence-electron chi connectivity index (χ0n) is 13.0. The second kappa shape index (κ2) is 7.33. The Labute approximate surface area is 139 Å². The number of hydrogen-bond donors (Lipinski definition) is 2. The van der Waals surface area contributed by atoms with Gasteiger partial charge in [-0.25, -0.2) is 0 Å². The average molecular weight is 338 g/mol. The highest BCUT2D eigenvalue weighted by molar-refractivity contribution is 8.14. The number of rotatable bonds is 3. The molecule has 23 heavy (non-hydrogen) atoms. The van der Waals surface area contributed by atoms with Crippen LogP contribution in [0, 0.1) is 0 Å². The summed E-state index contributed by atoms with van der Waals surface area (Å²) in [5.74, 6) is -0.470. The van der Waals surface area contributed by atoms with E-state index in [9.17, 15) is 14.4 Å². The maximum atomic E-state index is 12.0. The third-order valence-corrected chi connectivity index (χ3v) is 5.70. The summed E-state index contributed by atoms with van der Waals surface area (Å²) in [6.07, 6.45) is 4.98. The summed E-state index contributed by atoms with van der Waals surface area (Å²) in [6, 6.07) is 0.345. The molecule has 3 aliphatic rings. The Hall–Kier alpha value is -1.57. The number of thioether (sulfide) groups is 1. The molecule has 0 aromatic rings. The number of piperazine rings is 1. The van der Waals surface area contributed by atoms with Crippen molar-refractivity contribution in [1.29, 1.82) is 0 Å². The van der Waals surface area contributed by atoms with Crippen LogP contribution in [0.25, 0.3) is 0 Å². The van der Waals surface area contributed by atoms with E-state index in [-0.39, 0.29) is 37.1 Å². The third-order valence-electron chi connectivity index (χ3n) is 4.42. The summed E-state index contributed by atoms with van der Waals surface area (Å²) in [4.78, 5) is 41.4. The molecule has 7 nitrogen and oxygen atoms in total. The van der Waals surface area contributed by atoms with Crippen LogP contribution < -0.4 is 10.6 Å². The van der Waals surface area contributed by atoms with Crippen LogP contribution in [0.1, 0.15) is 38.5 Å². The quantitative estimate of drug-likeness (QED) is 0.772. The van der Waals surface area contributed by atoms with Gasteiger partial charge in [-0.1, -0.05) is 24.6 Å².